The summed E-state index contributed by atoms with van der Waals surface area (Å²) in [7, 11) is 0. The first-order valence-corrected chi connectivity index (χ1v) is 20.6. The lowest BCUT2D eigenvalue weighted by atomic mass is 9.71. The number of quaternary nitrogens is 1. The summed E-state index contributed by atoms with van der Waals surface area (Å²) in [6, 6.07) is 6.54. The first-order valence-electron chi connectivity index (χ1n) is 20.6. The van der Waals surface area contributed by atoms with E-state index >= 15 is 0 Å². The summed E-state index contributed by atoms with van der Waals surface area (Å²) < 4.78 is 28.0. The molecule has 2 saturated heterocycles. The SMILES string of the molecule is CC1OC(CO[C@H]2C[C@](O)(C(=O)CO)Cc3c(O)c4c(c(O)c32)C(=O)c2c(C=O)cccc2C4=O)CC(NC(=O)OCc2ccc(OC3OC(C(=O)O)C(O)C(O)C3O)c(C[NH+]([O-])[O-])c2)C1O. The quantitative estimate of drug-likeness (QED) is 0.0353. The molecule has 67 heavy (non-hydrogen) atoms. The molecule has 24 heteroatoms. The number of ether oxygens (including phenoxy) is 5. The number of nitrogens with one attached hydrogen (secondary N) is 2. The van der Waals surface area contributed by atoms with Crippen LogP contribution in [0.1, 0.15) is 90.3 Å². The Bertz CT molecular complexity index is 2480. The molecule has 2 heterocycles. The summed E-state index contributed by atoms with van der Waals surface area (Å²) in [6.07, 6.45) is -16.9. The van der Waals surface area contributed by atoms with Crippen molar-refractivity contribution in [3.05, 3.63) is 96.9 Å². The van der Waals surface area contributed by atoms with Gasteiger partial charge in [0, 0.05) is 46.2 Å². The molecular weight excluding hydrogens is 896 g/mol. The number of aldehydes is 1. The number of hydrogen-bond acceptors (Lipinski definition) is 21. The number of carboxylic acids is 1. The number of phenolic OH excluding ortho intramolecular Hbond substituents is 2. The van der Waals surface area contributed by atoms with Crippen LogP contribution in [0.15, 0.2) is 36.4 Å². The topological polar surface area (TPSA) is 393 Å². The van der Waals surface area contributed by atoms with Crippen LogP contribution < -0.4 is 15.3 Å². The minimum atomic E-state index is -2.41. The fourth-order valence-corrected chi connectivity index (χ4v) is 8.82. The summed E-state index contributed by atoms with van der Waals surface area (Å²) in [5.74, 6) is -6.59. The van der Waals surface area contributed by atoms with Crippen LogP contribution in [0.4, 0.5) is 4.79 Å². The van der Waals surface area contributed by atoms with E-state index in [1.807, 2.05) is 0 Å². The number of phenols is 2. The van der Waals surface area contributed by atoms with Gasteiger partial charge in [0.15, 0.2) is 29.7 Å². The predicted molar refractivity (Wildman–Crippen MR) is 217 cm³/mol. The molecule has 3 aromatic carbocycles. The molecule has 9 unspecified atom stereocenters. The summed E-state index contributed by atoms with van der Waals surface area (Å²) >= 11 is 0. The standard InChI is InChI=1S/C43H45N2O22/c1-16-31(49)23(44-42(59)64-14-17-5-6-24(19(7-17)11-45(61)62)66-41-38(56)36(54)37(55)39(67-41)40(57)58)8-20(65-16)15-63-25-10-43(60,26(48)13-47)9-22-28(25)35(53)30-29(33(22)51)32(50)21-4-2-3-18(12-46)27(21)34(30)52/h2-7,12,16,20,23,25,31,36-39,41,45,47,49,51,53-56,60H,8-11,13-15H2,1H3,(H,44,59)(H,57,58)/q-1/t16?,20?,23?,25-,31?,36?,37?,38?,39?,41?,43-/m0/s1. The zero-order chi connectivity index (χ0) is 48.8. The van der Waals surface area contributed by atoms with E-state index in [1.54, 1.807) is 0 Å². The number of hydrogen-bond donors (Lipinski definition) is 11. The van der Waals surface area contributed by atoms with Gasteiger partial charge in [-0.2, -0.15) is 0 Å². The number of carboxylic acid groups (broad SMARTS) is 1. The number of benzene rings is 3. The van der Waals surface area contributed by atoms with Crippen molar-refractivity contribution in [2.75, 3.05) is 13.2 Å². The molecule has 11 atom stereocenters. The number of fused-ring (bicyclic) bond motifs is 3. The van der Waals surface area contributed by atoms with Crippen LogP contribution in [0.25, 0.3) is 0 Å². The largest absolute Gasteiger partial charge is 0.633 e. The number of aromatic hydroxyl groups is 2. The molecule has 360 valence electrons. The van der Waals surface area contributed by atoms with Gasteiger partial charge in [-0.1, -0.05) is 24.3 Å². The fraction of sp³-hybridized carbons (Fsp3) is 0.442. The van der Waals surface area contributed by atoms with Gasteiger partial charge in [0.25, 0.3) is 0 Å². The predicted octanol–water partition coefficient (Wildman–Crippen LogP) is -2.53. The maximum atomic E-state index is 13.9. The summed E-state index contributed by atoms with van der Waals surface area (Å²) in [5, 5.41) is 119. The highest BCUT2D eigenvalue weighted by molar-refractivity contribution is 6.32. The minimum Gasteiger partial charge on any atom is -0.633 e. The Balaban J connectivity index is 1.05. The van der Waals surface area contributed by atoms with Gasteiger partial charge in [-0.15, -0.1) is 0 Å². The molecular formula is C43H45N2O22-. The van der Waals surface area contributed by atoms with Gasteiger partial charge in [0.05, 0.1) is 42.1 Å². The van der Waals surface area contributed by atoms with E-state index in [2.05, 4.69) is 5.32 Å². The van der Waals surface area contributed by atoms with Crippen LogP contribution in [-0.4, -0.2) is 156 Å². The molecule has 11 N–H and O–H groups in total. The Morgan fingerprint density at radius 1 is 0.955 bits per heavy atom. The number of ketones is 3. The third-order valence-corrected chi connectivity index (χ3v) is 12.2. The average molecular weight is 942 g/mol. The van der Waals surface area contributed by atoms with Gasteiger partial charge in [0.2, 0.25) is 6.29 Å². The Kier molecular flexibility index (Phi) is 14.1. The van der Waals surface area contributed by atoms with Crippen LogP contribution in [-0.2, 0) is 48.1 Å². The number of Topliss-reactive ketones (excluding diaryl/α,β-unsaturated/α-hetero) is 1. The maximum absolute atomic E-state index is 13.9. The number of carbonyl (C=O) groups excluding carboxylic acids is 5. The monoisotopic (exact) mass is 941 g/mol. The fourth-order valence-electron chi connectivity index (χ4n) is 8.82. The molecule has 2 aliphatic heterocycles. The molecule has 0 aromatic heterocycles. The van der Waals surface area contributed by atoms with Crippen molar-refractivity contribution < 1.29 is 104 Å². The van der Waals surface area contributed by atoms with E-state index in [4.69, 9.17) is 23.7 Å². The number of carbonyl (C=O) groups is 6. The number of hydroxylamine groups is 2. The second kappa shape index (κ2) is 19.3. The highest BCUT2D eigenvalue weighted by Gasteiger charge is 2.50. The molecule has 1 amide bonds. The summed E-state index contributed by atoms with van der Waals surface area (Å²) in [5.41, 5.74) is -4.92. The number of alkyl carbamates (subject to hydrolysis) is 1. The maximum Gasteiger partial charge on any atom is 0.407 e. The van der Waals surface area contributed by atoms with Crippen molar-refractivity contribution in [2.24, 2.45) is 0 Å². The second-order valence-corrected chi connectivity index (χ2v) is 16.6. The number of aliphatic carboxylic acids is 1. The second-order valence-electron chi connectivity index (χ2n) is 16.6. The van der Waals surface area contributed by atoms with Crippen molar-refractivity contribution in [1.29, 1.82) is 0 Å². The third kappa shape index (κ3) is 9.34. The first-order chi connectivity index (χ1) is 31.7. The van der Waals surface area contributed by atoms with Crippen LogP contribution in [0.2, 0.25) is 0 Å². The summed E-state index contributed by atoms with van der Waals surface area (Å²) in [6.45, 7) is -1.39. The van der Waals surface area contributed by atoms with Crippen LogP contribution >= 0.6 is 0 Å². The van der Waals surface area contributed by atoms with Crippen molar-refractivity contribution in [1.82, 2.24) is 5.32 Å². The lowest BCUT2D eigenvalue weighted by Gasteiger charge is -2.41. The molecule has 4 aliphatic rings. The molecule has 0 saturated carbocycles. The Morgan fingerprint density at radius 2 is 1.67 bits per heavy atom. The van der Waals surface area contributed by atoms with E-state index in [-0.39, 0.29) is 51.1 Å². The molecule has 3 aromatic rings. The Labute approximate surface area is 377 Å². The van der Waals surface area contributed by atoms with E-state index in [0.29, 0.717) is 6.29 Å². The average Bonchev–Trinajstić information content (AvgIpc) is 3.29. The normalized spacial score (nSPS) is 29.0. The van der Waals surface area contributed by atoms with Gasteiger partial charge >= 0.3 is 12.1 Å². The number of aliphatic hydroxyl groups excluding tert-OH is 5. The smallest absolute Gasteiger partial charge is 0.407 e. The lowest BCUT2D eigenvalue weighted by Crippen LogP contribution is -3.00. The molecule has 7 rings (SSSR count). The number of amides is 1. The number of aliphatic hydroxyl groups is 6. The van der Waals surface area contributed by atoms with Gasteiger partial charge < -0.3 is 90.6 Å². The third-order valence-electron chi connectivity index (χ3n) is 12.2. The van der Waals surface area contributed by atoms with E-state index in [1.165, 1.54) is 43.3 Å². The summed E-state index contributed by atoms with van der Waals surface area (Å²) in [4.78, 5) is 77.0. The first kappa shape index (κ1) is 48.9. The van der Waals surface area contributed by atoms with Crippen molar-refractivity contribution in [3.8, 4) is 17.2 Å². The molecule has 2 aliphatic carbocycles. The molecule has 0 spiro atoms. The van der Waals surface area contributed by atoms with Crippen molar-refractivity contribution >= 4 is 35.7 Å². The lowest BCUT2D eigenvalue weighted by molar-refractivity contribution is -0.807. The van der Waals surface area contributed by atoms with E-state index in [0.717, 1.165) is 0 Å². The van der Waals surface area contributed by atoms with Crippen LogP contribution in [0, 0.1) is 10.4 Å². The Hall–Kier alpha value is -6.00. The van der Waals surface area contributed by atoms with Crippen molar-refractivity contribution in [3.63, 3.8) is 0 Å². The van der Waals surface area contributed by atoms with Gasteiger partial charge in [-0.25, -0.2) is 9.59 Å². The van der Waals surface area contributed by atoms with E-state index < -0.39 is 163 Å². The molecule has 24 nitrogen and oxygen atoms in total. The number of rotatable bonds is 14. The highest BCUT2D eigenvalue weighted by Crippen LogP contribution is 2.52. The van der Waals surface area contributed by atoms with Crippen LogP contribution in [0.5, 0.6) is 17.2 Å². The van der Waals surface area contributed by atoms with E-state index in [9.17, 15) is 85.1 Å². The zero-order valence-electron chi connectivity index (χ0n) is 35.1. The van der Waals surface area contributed by atoms with Gasteiger partial charge in [-0.05, 0) is 31.0 Å². The van der Waals surface area contributed by atoms with Crippen molar-refractivity contribution in [2.45, 2.75) is 106 Å². The molecule has 0 radical (unpaired) electrons. The van der Waals surface area contributed by atoms with Crippen LogP contribution in [0.3, 0.4) is 0 Å². The minimum absolute atomic E-state index is 0.109. The van der Waals surface area contributed by atoms with Gasteiger partial charge in [0.1, 0.15) is 67.0 Å². The highest BCUT2D eigenvalue weighted by atomic mass is 16.8. The zero-order valence-corrected chi connectivity index (χ0v) is 35.1. The molecule has 2 fully saturated rings. The van der Waals surface area contributed by atoms with Gasteiger partial charge in [-0.3, -0.25) is 19.2 Å². The molecule has 0 bridgehead atoms. The Morgan fingerprint density at radius 3 is 2.34 bits per heavy atom.